The van der Waals surface area contributed by atoms with E-state index in [-0.39, 0.29) is 22.3 Å². The summed E-state index contributed by atoms with van der Waals surface area (Å²) in [6, 6.07) is 0. The van der Waals surface area contributed by atoms with E-state index in [1.165, 1.54) is 0 Å². The molecule has 128 valence electrons. The first-order chi connectivity index (χ1) is 10.5. The number of aryl methyl sites for hydroxylation is 1. The summed E-state index contributed by atoms with van der Waals surface area (Å²) in [6.07, 6.45) is 4.04. The van der Waals surface area contributed by atoms with Gasteiger partial charge in [-0.05, 0) is 17.8 Å². The summed E-state index contributed by atoms with van der Waals surface area (Å²) < 4.78 is 13.6. The van der Waals surface area contributed by atoms with Gasteiger partial charge in [0.25, 0.3) is 0 Å². The van der Waals surface area contributed by atoms with Crippen molar-refractivity contribution in [1.29, 1.82) is 0 Å². The van der Waals surface area contributed by atoms with Gasteiger partial charge in [-0.2, -0.15) is 0 Å². The van der Waals surface area contributed by atoms with Gasteiger partial charge in [0.05, 0.1) is 0 Å². The van der Waals surface area contributed by atoms with Crippen molar-refractivity contribution in [3.05, 3.63) is 45.0 Å². The molecule has 0 saturated carbocycles. The zero-order valence-electron chi connectivity index (χ0n) is 14.8. The maximum Gasteiger partial charge on any atom is 0.419 e. The Morgan fingerprint density at radius 2 is 1.48 bits per heavy atom. The molecule has 2 aromatic heterocycles. The summed E-state index contributed by atoms with van der Waals surface area (Å²) >= 11 is 0. The fourth-order valence-electron chi connectivity index (χ4n) is 2.72. The highest BCUT2D eigenvalue weighted by Gasteiger charge is 2.24. The van der Waals surface area contributed by atoms with E-state index in [1.54, 1.807) is 28.5 Å². The van der Waals surface area contributed by atoms with Crippen LogP contribution in [0.2, 0.25) is 0 Å². The molecule has 23 heavy (non-hydrogen) atoms. The molecular weight excluding hydrogens is 296 g/mol. The molecule has 0 radical (unpaired) electrons. The first-order valence-electron chi connectivity index (χ1n) is 7.81. The van der Waals surface area contributed by atoms with Crippen molar-refractivity contribution in [2.75, 3.05) is 0 Å². The van der Waals surface area contributed by atoms with Crippen molar-refractivity contribution in [1.82, 2.24) is 9.13 Å². The van der Waals surface area contributed by atoms with Crippen LogP contribution in [0.1, 0.15) is 46.1 Å². The lowest BCUT2D eigenvalue weighted by atomic mass is 9.88. The van der Waals surface area contributed by atoms with E-state index in [9.17, 15) is 9.59 Å². The maximum atomic E-state index is 11.9. The van der Waals surface area contributed by atoms with E-state index in [0.29, 0.717) is 31.0 Å². The lowest BCUT2D eigenvalue weighted by Crippen LogP contribution is -2.27. The van der Waals surface area contributed by atoms with Gasteiger partial charge < -0.3 is 8.83 Å². The number of rotatable bonds is 5. The van der Waals surface area contributed by atoms with Gasteiger partial charge in [-0.25, -0.2) is 9.59 Å². The Morgan fingerprint density at radius 3 is 2.00 bits per heavy atom. The molecule has 0 atom stereocenters. The molecular formula is C17H26N2O4. The molecule has 6 nitrogen and oxygen atoms in total. The van der Waals surface area contributed by atoms with E-state index in [2.05, 4.69) is 20.8 Å². The lowest BCUT2D eigenvalue weighted by molar-refractivity contribution is 0.267. The average Bonchev–Trinajstić information content (AvgIpc) is 2.79. The molecule has 0 fully saturated rings. The highest BCUT2D eigenvalue weighted by molar-refractivity contribution is 4.97. The highest BCUT2D eigenvalue weighted by atomic mass is 16.4. The monoisotopic (exact) mass is 322 g/mol. The quantitative estimate of drug-likeness (QED) is 0.848. The Hall–Kier alpha value is -1.98. The van der Waals surface area contributed by atoms with E-state index >= 15 is 0 Å². The van der Waals surface area contributed by atoms with Crippen molar-refractivity contribution < 1.29 is 8.83 Å². The normalized spacial score (nSPS) is 12.8. The first kappa shape index (κ1) is 17.4. The van der Waals surface area contributed by atoms with Gasteiger partial charge in [0.2, 0.25) is 0 Å². The van der Waals surface area contributed by atoms with Gasteiger partial charge in [0, 0.05) is 31.9 Å². The third kappa shape index (κ3) is 4.74. The van der Waals surface area contributed by atoms with Crippen LogP contribution in [0.15, 0.2) is 30.8 Å². The van der Waals surface area contributed by atoms with Crippen LogP contribution in [0.25, 0.3) is 0 Å². The number of nitrogens with zero attached hydrogens (tertiary/aromatic N) is 2. The Balaban J connectivity index is 2.14. The van der Waals surface area contributed by atoms with Crippen molar-refractivity contribution in [2.24, 2.45) is 10.8 Å². The molecule has 2 rings (SSSR count). The first-order valence-corrected chi connectivity index (χ1v) is 7.81. The third-order valence-electron chi connectivity index (χ3n) is 3.47. The summed E-state index contributed by atoms with van der Waals surface area (Å²) in [4.78, 5) is 23.6. The molecule has 2 aromatic rings. The molecule has 0 aliphatic heterocycles. The van der Waals surface area contributed by atoms with Crippen LogP contribution in [-0.2, 0) is 19.5 Å². The van der Waals surface area contributed by atoms with Gasteiger partial charge in [0.1, 0.15) is 11.5 Å². The smallest absolute Gasteiger partial charge is 0.413 e. The summed E-state index contributed by atoms with van der Waals surface area (Å²) in [5, 5.41) is 0. The van der Waals surface area contributed by atoms with Crippen molar-refractivity contribution in [2.45, 2.75) is 61.1 Å². The number of hydrogen-bond donors (Lipinski definition) is 0. The van der Waals surface area contributed by atoms with Crippen LogP contribution >= 0.6 is 0 Å². The van der Waals surface area contributed by atoms with Crippen LogP contribution in [0.4, 0.5) is 0 Å². The Morgan fingerprint density at radius 1 is 0.913 bits per heavy atom. The second-order valence-corrected chi connectivity index (χ2v) is 8.23. The standard InChI is InChI=1S/C17H26N2O4/c1-12-8-18(14(20)22-12)11-17(5,6)7-13-9-19(15(21)23-13)10-16(2,3)4/h8-9H,7,10-11H2,1-6H3. The largest absolute Gasteiger partial charge is 0.419 e. The van der Waals surface area contributed by atoms with E-state index in [1.807, 2.05) is 13.8 Å². The van der Waals surface area contributed by atoms with Crippen LogP contribution in [-0.4, -0.2) is 9.13 Å². The van der Waals surface area contributed by atoms with Crippen LogP contribution in [0, 0.1) is 17.8 Å². The third-order valence-corrected chi connectivity index (χ3v) is 3.47. The highest BCUT2D eigenvalue weighted by Crippen LogP contribution is 2.24. The molecule has 2 heterocycles. The maximum absolute atomic E-state index is 11.9. The molecule has 6 heteroatoms. The topological polar surface area (TPSA) is 70.3 Å². The number of aromatic nitrogens is 2. The summed E-state index contributed by atoms with van der Waals surface area (Å²) in [5.74, 6) is 0.538. The molecule has 0 spiro atoms. The zero-order chi connectivity index (χ0) is 17.4. The number of hydrogen-bond acceptors (Lipinski definition) is 4. The van der Waals surface area contributed by atoms with Crippen molar-refractivity contribution in [3.8, 4) is 0 Å². The second kappa shape index (κ2) is 5.91. The van der Waals surface area contributed by atoms with Crippen LogP contribution in [0.5, 0.6) is 0 Å². The van der Waals surface area contributed by atoms with Crippen LogP contribution < -0.4 is 11.5 Å². The Bertz CT molecular complexity index is 781. The fourth-order valence-corrected chi connectivity index (χ4v) is 2.72. The van der Waals surface area contributed by atoms with Gasteiger partial charge in [-0.1, -0.05) is 34.6 Å². The molecule has 0 unspecified atom stereocenters. The second-order valence-electron chi connectivity index (χ2n) is 8.23. The van der Waals surface area contributed by atoms with Gasteiger partial charge in [-0.3, -0.25) is 9.13 Å². The van der Waals surface area contributed by atoms with Crippen molar-refractivity contribution >= 4 is 0 Å². The minimum atomic E-state index is -0.359. The zero-order valence-corrected chi connectivity index (χ0v) is 14.8. The average molecular weight is 322 g/mol. The predicted octanol–water partition coefficient (Wildman–Crippen LogP) is 2.82. The Labute approximate surface area is 135 Å². The molecule has 0 aromatic carbocycles. The van der Waals surface area contributed by atoms with Gasteiger partial charge >= 0.3 is 11.5 Å². The minimum absolute atomic E-state index is 0.00210. The molecule has 0 bridgehead atoms. The SMILES string of the molecule is Cc1cn(CC(C)(C)Cc2cn(CC(C)(C)C)c(=O)o2)c(=O)o1. The predicted molar refractivity (Wildman–Crippen MR) is 87.6 cm³/mol. The molecule has 0 aliphatic rings. The van der Waals surface area contributed by atoms with Crippen molar-refractivity contribution in [3.63, 3.8) is 0 Å². The summed E-state index contributed by atoms with van der Waals surface area (Å²) in [6.45, 7) is 13.1. The Kier molecular flexibility index (Phi) is 4.46. The summed E-state index contributed by atoms with van der Waals surface area (Å²) in [7, 11) is 0. The van der Waals surface area contributed by atoms with E-state index in [0.717, 1.165) is 0 Å². The molecule has 0 saturated heterocycles. The van der Waals surface area contributed by atoms with E-state index < -0.39 is 0 Å². The molecule has 0 aliphatic carbocycles. The minimum Gasteiger partial charge on any atom is -0.413 e. The van der Waals surface area contributed by atoms with Crippen LogP contribution in [0.3, 0.4) is 0 Å². The fraction of sp³-hybridized carbons (Fsp3) is 0.647. The summed E-state index contributed by atoms with van der Waals surface area (Å²) in [5.41, 5.74) is -0.244. The van der Waals surface area contributed by atoms with Gasteiger partial charge in [-0.15, -0.1) is 0 Å². The molecule has 0 amide bonds. The van der Waals surface area contributed by atoms with E-state index in [4.69, 9.17) is 8.83 Å². The molecule has 0 N–H and O–H groups in total. The number of oxazole rings is 2. The van der Waals surface area contributed by atoms with Gasteiger partial charge in [0.15, 0.2) is 0 Å². The lowest BCUT2D eigenvalue weighted by Gasteiger charge is -2.22.